The third-order valence-electron chi connectivity index (χ3n) is 6.48. The Morgan fingerprint density at radius 2 is 2.05 bits per heavy atom. The Balaban J connectivity index is 1.39. The van der Waals surface area contributed by atoms with E-state index in [2.05, 4.69) is 22.9 Å². The number of nitrogen functional groups attached to an aromatic ring is 1. The summed E-state index contributed by atoms with van der Waals surface area (Å²) < 4.78 is 31.4. The van der Waals surface area contributed by atoms with E-state index in [1.807, 2.05) is 12.2 Å². The average molecular weight is 552 g/mol. The van der Waals surface area contributed by atoms with E-state index in [9.17, 15) is 9.50 Å². The van der Waals surface area contributed by atoms with Crippen LogP contribution in [0.2, 0.25) is 10.0 Å². The van der Waals surface area contributed by atoms with Crippen LogP contribution in [-0.4, -0.2) is 66.7 Å². The van der Waals surface area contributed by atoms with Crippen molar-refractivity contribution in [1.82, 2.24) is 9.88 Å². The fourth-order valence-electron chi connectivity index (χ4n) is 4.44. The number of anilines is 1. The first kappa shape index (κ1) is 27.8. The van der Waals surface area contributed by atoms with E-state index < -0.39 is 18.0 Å². The van der Waals surface area contributed by atoms with Gasteiger partial charge in [0.25, 0.3) is 0 Å². The summed E-state index contributed by atoms with van der Waals surface area (Å²) in [5, 5.41) is 10.6. The summed E-state index contributed by atoms with van der Waals surface area (Å²) in [6.07, 6.45) is 6.31. The van der Waals surface area contributed by atoms with Crippen molar-refractivity contribution in [3.8, 4) is 5.75 Å². The van der Waals surface area contributed by atoms with Gasteiger partial charge in [-0.3, -0.25) is 4.90 Å². The lowest BCUT2D eigenvalue weighted by atomic mass is 9.92. The van der Waals surface area contributed by atoms with Crippen molar-refractivity contribution in [2.75, 3.05) is 45.2 Å². The topological polar surface area (TPSA) is 90.1 Å². The number of aliphatic hydroxyl groups excluding tert-OH is 1. The van der Waals surface area contributed by atoms with E-state index in [1.165, 1.54) is 12.1 Å². The van der Waals surface area contributed by atoms with Crippen LogP contribution in [0.4, 0.5) is 10.2 Å². The lowest BCUT2D eigenvalue weighted by molar-refractivity contribution is -0.0322. The summed E-state index contributed by atoms with van der Waals surface area (Å²) in [4.78, 5) is 6.46. The molecule has 4 atom stereocenters. The van der Waals surface area contributed by atoms with Gasteiger partial charge in [-0.25, -0.2) is 9.37 Å². The van der Waals surface area contributed by atoms with Crippen molar-refractivity contribution < 1.29 is 23.7 Å². The molecule has 7 nitrogen and oxygen atoms in total. The van der Waals surface area contributed by atoms with Crippen molar-refractivity contribution in [3.63, 3.8) is 0 Å². The standard InChI is InChI=1S/C27H32Cl2FN3O4/c1-16-11-18(3-6-23(16)36-15-20(34)14-33-7-9-35-10-8-33)19-12-24(27(31)32-13-19)37-17(2)25-21(28)4-5-22(30)26(25)29/h3-6,11-13,16-17,20,23,34H,7-10,14-15H2,1-2H3,(H2,31,32). The van der Waals surface area contributed by atoms with Gasteiger partial charge in [0.05, 0.1) is 37.1 Å². The Morgan fingerprint density at radius 3 is 2.78 bits per heavy atom. The maximum Gasteiger partial charge on any atom is 0.166 e. The van der Waals surface area contributed by atoms with Crippen LogP contribution in [0.1, 0.15) is 31.1 Å². The first-order chi connectivity index (χ1) is 17.7. The van der Waals surface area contributed by atoms with Crippen LogP contribution in [0.15, 0.2) is 42.6 Å². The molecule has 2 aliphatic rings. The Labute approximate surface area is 226 Å². The number of rotatable bonds is 9. The summed E-state index contributed by atoms with van der Waals surface area (Å²) in [6.45, 7) is 7.64. The first-order valence-electron chi connectivity index (χ1n) is 12.3. The number of hydrogen-bond donors (Lipinski definition) is 2. The summed E-state index contributed by atoms with van der Waals surface area (Å²) >= 11 is 12.4. The first-order valence-corrected chi connectivity index (χ1v) is 13.0. The van der Waals surface area contributed by atoms with Crippen LogP contribution in [-0.2, 0) is 9.47 Å². The minimum Gasteiger partial charge on any atom is -0.482 e. The molecule has 1 aliphatic heterocycles. The zero-order valence-corrected chi connectivity index (χ0v) is 22.4. The highest BCUT2D eigenvalue weighted by Gasteiger charge is 2.23. The Bertz CT molecular complexity index is 1160. The molecule has 0 amide bonds. The fourth-order valence-corrected chi connectivity index (χ4v) is 5.11. The molecule has 0 radical (unpaired) electrons. The number of β-amino-alcohol motifs (C(OH)–C–C–N with tert-alkyl or cyclic N) is 1. The highest BCUT2D eigenvalue weighted by Crippen LogP contribution is 2.37. The molecule has 200 valence electrons. The molecule has 1 aromatic heterocycles. The van der Waals surface area contributed by atoms with Gasteiger partial charge in [0.1, 0.15) is 11.9 Å². The summed E-state index contributed by atoms with van der Waals surface area (Å²) in [7, 11) is 0. The molecule has 0 saturated carbocycles. The molecule has 1 fully saturated rings. The molecule has 2 heterocycles. The number of ether oxygens (including phenoxy) is 3. The number of morpholine rings is 1. The van der Waals surface area contributed by atoms with Crippen LogP contribution in [0.5, 0.6) is 5.75 Å². The van der Waals surface area contributed by atoms with Crippen LogP contribution in [0.25, 0.3) is 5.57 Å². The minimum absolute atomic E-state index is 0.0707. The highest BCUT2D eigenvalue weighted by molar-refractivity contribution is 6.36. The van der Waals surface area contributed by atoms with Gasteiger partial charge in [0.2, 0.25) is 0 Å². The molecule has 37 heavy (non-hydrogen) atoms. The number of pyridine rings is 1. The predicted octanol–water partition coefficient (Wildman–Crippen LogP) is 4.92. The van der Waals surface area contributed by atoms with Gasteiger partial charge < -0.3 is 25.1 Å². The second-order valence-corrected chi connectivity index (χ2v) is 10.1. The normalized spacial score (nSPS) is 21.9. The van der Waals surface area contributed by atoms with E-state index >= 15 is 0 Å². The number of aliphatic hydroxyl groups is 1. The summed E-state index contributed by atoms with van der Waals surface area (Å²) in [5.74, 6) is 0.0330. The van der Waals surface area contributed by atoms with Crippen LogP contribution in [0, 0.1) is 11.7 Å². The molecule has 4 rings (SSSR count). The van der Waals surface area contributed by atoms with E-state index in [0.29, 0.717) is 36.1 Å². The molecule has 0 bridgehead atoms. The Hall–Kier alpha value is -2.20. The molecule has 1 saturated heterocycles. The van der Waals surface area contributed by atoms with Crippen molar-refractivity contribution in [1.29, 1.82) is 0 Å². The lowest BCUT2D eigenvalue weighted by Gasteiger charge is -2.30. The van der Waals surface area contributed by atoms with E-state index in [4.69, 9.17) is 43.1 Å². The van der Waals surface area contributed by atoms with Gasteiger partial charge in [-0.2, -0.15) is 0 Å². The molecule has 3 N–H and O–H groups in total. The Kier molecular flexibility index (Phi) is 9.45. The maximum absolute atomic E-state index is 14.0. The molecule has 2 aromatic rings. The zero-order chi connectivity index (χ0) is 26.5. The van der Waals surface area contributed by atoms with Gasteiger partial charge in [0.15, 0.2) is 11.6 Å². The predicted molar refractivity (Wildman–Crippen MR) is 143 cm³/mol. The van der Waals surface area contributed by atoms with Crippen molar-refractivity contribution in [3.05, 3.63) is 69.6 Å². The summed E-state index contributed by atoms with van der Waals surface area (Å²) in [5.41, 5.74) is 8.16. The monoisotopic (exact) mass is 551 g/mol. The second-order valence-electron chi connectivity index (χ2n) is 9.33. The minimum atomic E-state index is -0.661. The number of nitrogens with zero attached hydrogens (tertiary/aromatic N) is 2. The highest BCUT2D eigenvalue weighted by atomic mass is 35.5. The third kappa shape index (κ3) is 7.02. The molecular formula is C27H32Cl2FN3O4. The zero-order valence-electron chi connectivity index (χ0n) is 20.9. The van der Waals surface area contributed by atoms with Crippen molar-refractivity contribution in [2.24, 2.45) is 5.92 Å². The maximum atomic E-state index is 14.0. The van der Waals surface area contributed by atoms with E-state index in [1.54, 1.807) is 19.2 Å². The fraction of sp³-hybridized carbons (Fsp3) is 0.444. The van der Waals surface area contributed by atoms with Crippen molar-refractivity contribution >= 4 is 34.6 Å². The molecule has 10 heteroatoms. The van der Waals surface area contributed by atoms with Crippen LogP contribution < -0.4 is 10.5 Å². The van der Waals surface area contributed by atoms with Gasteiger partial charge in [-0.05, 0) is 30.7 Å². The number of benzene rings is 1. The molecule has 0 spiro atoms. The smallest absolute Gasteiger partial charge is 0.166 e. The second kappa shape index (κ2) is 12.6. The largest absolute Gasteiger partial charge is 0.482 e. The number of aromatic nitrogens is 1. The number of allylic oxidation sites excluding steroid dienone is 2. The lowest BCUT2D eigenvalue weighted by Crippen LogP contribution is -2.42. The van der Waals surface area contributed by atoms with Crippen LogP contribution in [0.3, 0.4) is 0 Å². The van der Waals surface area contributed by atoms with Gasteiger partial charge in [0, 0.05) is 47.9 Å². The van der Waals surface area contributed by atoms with E-state index in [-0.39, 0.29) is 29.5 Å². The van der Waals surface area contributed by atoms with Gasteiger partial charge in [-0.1, -0.05) is 48.4 Å². The number of nitrogens with two attached hydrogens (primary N) is 1. The van der Waals surface area contributed by atoms with Crippen molar-refractivity contribution in [2.45, 2.75) is 32.2 Å². The average Bonchev–Trinajstić information content (AvgIpc) is 2.87. The summed E-state index contributed by atoms with van der Waals surface area (Å²) in [6, 6.07) is 4.44. The Morgan fingerprint density at radius 1 is 1.30 bits per heavy atom. The quantitative estimate of drug-likeness (QED) is 0.427. The molecule has 1 aromatic carbocycles. The van der Waals surface area contributed by atoms with E-state index in [0.717, 1.165) is 24.2 Å². The SMILES string of the molecule is CC(Oc1cc(C2=CC(C)C(OCC(O)CN3CCOCC3)C=C2)cnc1N)c1c(Cl)ccc(F)c1Cl. The number of hydrogen-bond acceptors (Lipinski definition) is 7. The van der Waals surface area contributed by atoms with Crippen LogP contribution >= 0.6 is 23.2 Å². The van der Waals surface area contributed by atoms with Gasteiger partial charge in [-0.15, -0.1) is 0 Å². The third-order valence-corrected chi connectivity index (χ3v) is 7.20. The number of halogens is 3. The molecule has 1 aliphatic carbocycles. The van der Waals surface area contributed by atoms with Gasteiger partial charge >= 0.3 is 0 Å². The molecular weight excluding hydrogens is 520 g/mol. The molecule has 4 unspecified atom stereocenters.